The third kappa shape index (κ3) is 4.53. The van der Waals surface area contributed by atoms with Gasteiger partial charge in [-0.25, -0.2) is 4.98 Å². The molecule has 2 aromatic rings. The number of hydrogen-bond donors (Lipinski definition) is 1. The van der Waals surface area contributed by atoms with Gasteiger partial charge in [0.15, 0.2) is 0 Å². The average Bonchev–Trinajstić information content (AvgIpc) is 2.48. The first-order chi connectivity index (χ1) is 10.8. The number of aromatic nitrogens is 1. The van der Waals surface area contributed by atoms with Crippen molar-refractivity contribution in [2.24, 2.45) is 0 Å². The molecule has 0 bridgehead atoms. The first-order valence-electron chi connectivity index (χ1n) is 6.98. The number of nitro groups is 1. The van der Waals surface area contributed by atoms with Crippen LogP contribution in [0.3, 0.4) is 0 Å². The molecule has 6 nitrogen and oxygen atoms in total. The Hall–Kier alpha value is -2.41. The van der Waals surface area contributed by atoms with Crippen molar-refractivity contribution in [2.45, 2.75) is 36.2 Å². The maximum atomic E-state index is 11.0. The van der Waals surface area contributed by atoms with E-state index in [-0.39, 0.29) is 5.69 Å². The lowest BCUT2D eigenvalue weighted by Gasteiger charge is -2.10. The summed E-state index contributed by atoms with van der Waals surface area (Å²) in [6.45, 7) is 5.52. The van der Waals surface area contributed by atoms with E-state index < -0.39 is 10.5 Å². The van der Waals surface area contributed by atoms with Crippen LogP contribution in [-0.4, -0.2) is 31.6 Å². The summed E-state index contributed by atoms with van der Waals surface area (Å²) in [6.07, 6.45) is 3.18. The highest BCUT2D eigenvalue weighted by Crippen LogP contribution is 2.30. The van der Waals surface area contributed by atoms with Gasteiger partial charge in [0, 0.05) is 44.0 Å². The topological polar surface area (TPSA) is 79.3 Å². The zero-order valence-electron chi connectivity index (χ0n) is 13.1. The highest BCUT2D eigenvalue weighted by molar-refractivity contribution is 7.99. The van der Waals surface area contributed by atoms with E-state index in [9.17, 15) is 15.3 Å². The molecule has 0 aliphatic rings. The van der Waals surface area contributed by atoms with Gasteiger partial charge in [0.25, 0.3) is 5.69 Å². The van der Waals surface area contributed by atoms with Gasteiger partial charge in [-0.05, 0) is 22.9 Å². The van der Waals surface area contributed by atoms with E-state index in [1.807, 2.05) is 39.0 Å². The fraction of sp³-hybridized carbons (Fsp3) is 0.250. The van der Waals surface area contributed by atoms with E-state index in [1.54, 1.807) is 12.3 Å². The molecule has 0 saturated heterocycles. The second-order valence-electron chi connectivity index (χ2n) is 5.89. The average molecular weight is 332 g/mol. The van der Waals surface area contributed by atoms with Gasteiger partial charge in [-0.1, -0.05) is 17.8 Å². The minimum atomic E-state index is -0.516. The third-order valence-corrected chi connectivity index (χ3v) is 4.05. The fourth-order valence-electron chi connectivity index (χ4n) is 1.69. The number of benzene rings is 1. The van der Waals surface area contributed by atoms with Crippen LogP contribution in [-0.2, 0) is 0 Å². The summed E-state index contributed by atoms with van der Waals surface area (Å²) in [5.74, 6) is 0. The molecular weight excluding hydrogens is 314 g/mol. The van der Waals surface area contributed by atoms with Gasteiger partial charge >= 0.3 is 0 Å². The quantitative estimate of drug-likeness (QED) is 0.303. The molecule has 7 heteroatoms. The Balaban J connectivity index is 2.47. The van der Waals surface area contributed by atoms with E-state index in [0.29, 0.717) is 5.56 Å². The van der Waals surface area contributed by atoms with E-state index in [4.69, 9.17) is 0 Å². The number of nitro benzene ring substituents is 1. The van der Waals surface area contributed by atoms with Crippen LogP contribution in [0.5, 0.6) is 0 Å². The molecule has 1 aromatic heterocycles. The van der Waals surface area contributed by atoms with Crippen LogP contribution in [0.1, 0.15) is 26.3 Å². The molecule has 2 rings (SSSR count). The molecule has 1 aromatic carbocycles. The summed E-state index contributed by atoms with van der Waals surface area (Å²) in [4.78, 5) is 15.6. The largest absolute Gasteiger partial charge is 0.290 e. The number of nitrogens with zero attached hydrogens (tertiary/aromatic N) is 3. The van der Waals surface area contributed by atoms with Crippen LogP contribution in [0, 0.1) is 10.1 Å². The Morgan fingerprint density at radius 1 is 1.26 bits per heavy atom. The molecular formula is C16H18N3O3S+. The van der Waals surface area contributed by atoms with Crippen molar-refractivity contribution >= 4 is 23.7 Å². The number of hydroxylamine groups is 1. The van der Waals surface area contributed by atoms with Crippen molar-refractivity contribution in [2.75, 3.05) is 0 Å². The van der Waals surface area contributed by atoms with E-state index >= 15 is 0 Å². The molecule has 23 heavy (non-hydrogen) atoms. The first-order valence-corrected chi connectivity index (χ1v) is 7.79. The van der Waals surface area contributed by atoms with Crippen LogP contribution in [0.4, 0.5) is 5.69 Å². The summed E-state index contributed by atoms with van der Waals surface area (Å²) in [5.41, 5.74) is 0.0218. The second-order valence-corrected chi connectivity index (χ2v) is 6.96. The van der Waals surface area contributed by atoms with E-state index in [1.165, 1.54) is 30.1 Å². The Morgan fingerprint density at radius 3 is 2.57 bits per heavy atom. The maximum Gasteiger partial charge on any atom is 0.270 e. The Morgan fingerprint density at radius 2 is 2.00 bits per heavy atom. The van der Waals surface area contributed by atoms with Crippen molar-refractivity contribution in [3.8, 4) is 0 Å². The molecule has 0 aliphatic heterocycles. The van der Waals surface area contributed by atoms with Gasteiger partial charge in [0.2, 0.25) is 11.8 Å². The normalized spacial score (nSPS) is 12.2. The van der Waals surface area contributed by atoms with Crippen molar-refractivity contribution in [3.05, 3.63) is 58.3 Å². The maximum absolute atomic E-state index is 11.0. The predicted octanol–water partition coefficient (Wildman–Crippen LogP) is 3.76. The van der Waals surface area contributed by atoms with Gasteiger partial charge in [-0.2, -0.15) is 0 Å². The lowest BCUT2D eigenvalue weighted by molar-refractivity contribution is -0.816. The number of non-ortho nitro benzene ring substituents is 1. The molecule has 0 saturated carbocycles. The molecule has 0 aliphatic carbocycles. The van der Waals surface area contributed by atoms with E-state index in [2.05, 4.69) is 4.98 Å². The van der Waals surface area contributed by atoms with Crippen LogP contribution in [0.15, 0.2) is 52.5 Å². The summed E-state index contributed by atoms with van der Waals surface area (Å²) < 4.78 is 1.05. The molecule has 1 N–H and O–H groups in total. The SMILES string of the molecule is CC(C)(C)[N+](O)=Cc1cc([N+](=O)[O-])ccc1Sc1ccccn1. The van der Waals surface area contributed by atoms with Crippen LogP contribution < -0.4 is 0 Å². The monoisotopic (exact) mass is 332 g/mol. The summed E-state index contributed by atoms with van der Waals surface area (Å²) in [7, 11) is 0. The van der Waals surface area contributed by atoms with Crippen molar-refractivity contribution in [3.63, 3.8) is 0 Å². The highest BCUT2D eigenvalue weighted by Gasteiger charge is 2.25. The lowest BCUT2D eigenvalue weighted by atomic mass is 10.1. The van der Waals surface area contributed by atoms with E-state index in [0.717, 1.165) is 14.7 Å². The zero-order chi connectivity index (χ0) is 17.0. The van der Waals surface area contributed by atoms with Crippen molar-refractivity contribution in [1.29, 1.82) is 0 Å². The van der Waals surface area contributed by atoms with Gasteiger partial charge < -0.3 is 0 Å². The van der Waals surface area contributed by atoms with Crippen LogP contribution in [0.2, 0.25) is 0 Å². The molecule has 0 spiro atoms. The summed E-state index contributed by atoms with van der Waals surface area (Å²) in [6, 6.07) is 10.1. The van der Waals surface area contributed by atoms with Crippen LogP contribution in [0.25, 0.3) is 0 Å². The summed E-state index contributed by atoms with van der Waals surface area (Å²) in [5, 5.41) is 21.9. The van der Waals surface area contributed by atoms with Crippen molar-refractivity contribution in [1.82, 2.24) is 4.98 Å². The minimum absolute atomic E-state index is 0.0241. The smallest absolute Gasteiger partial charge is 0.270 e. The van der Waals surface area contributed by atoms with Crippen LogP contribution >= 0.6 is 11.8 Å². The van der Waals surface area contributed by atoms with Gasteiger partial charge in [0.1, 0.15) is 5.03 Å². The zero-order valence-corrected chi connectivity index (χ0v) is 13.9. The van der Waals surface area contributed by atoms with Gasteiger partial charge in [0.05, 0.1) is 10.5 Å². The number of hydrogen-bond acceptors (Lipinski definition) is 5. The molecule has 120 valence electrons. The molecule has 0 radical (unpaired) electrons. The van der Waals surface area contributed by atoms with Gasteiger partial charge in [-0.15, -0.1) is 0 Å². The predicted molar refractivity (Wildman–Crippen MR) is 88.4 cm³/mol. The lowest BCUT2D eigenvalue weighted by Crippen LogP contribution is -2.31. The summed E-state index contributed by atoms with van der Waals surface area (Å²) >= 11 is 1.38. The molecule has 0 unspecified atom stereocenters. The number of rotatable bonds is 4. The Kier molecular flexibility index (Phi) is 5.00. The van der Waals surface area contributed by atoms with Crippen molar-refractivity contribution < 1.29 is 14.9 Å². The first kappa shape index (κ1) is 17.0. The number of pyridine rings is 1. The standard InChI is InChI=1S/C16H18N3O3S/c1-16(2,3)18(20)11-12-10-13(19(21)22)7-8-14(12)23-15-6-4-5-9-17-15/h4-11,20H,1-3H3/q+1. The fourth-order valence-corrected chi connectivity index (χ4v) is 2.54. The minimum Gasteiger partial charge on any atom is -0.290 e. The highest BCUT2D eigenvalue weighted by atomic mass is 32.2. The molecule has 0 atom stereocenters. The molecule has 1 heterocycles. The Bertz CT molecular complexity index is 740. The third-order valence-electron chi connectivity index (χ3n) is 3.01. The second kappa shape index (κ2) is 6.78. The molecule has 0 amide bonds. The Labute approximate surface area is 138 Å². The van der Waals surface area contributed by atoms with Gasteiger partial charge in [-0.3, -0.25) is 15.3 Å². The molecule has 0 fully saturated rings.